The summed E-state index contributed by atoms with van der Waals surface area (Å²) in [4.78, 5) is 23.6. The van der Waals surface area contributed by atoms with Crippen LogP contribution in [0, 0.1) is 0 Å². The number of amides is 1. The molecule has 0 fully saturated rings. The average molecular weight is 369 g/mol. The van der Waals surface area contributed by atoms with Crippen molar-refractivity contribution in [2.45, 2.75) is 38.4 Å². The van der Waals surface area contributed by atoms with Crippen molar-refractivity contribution in [1.29, 1.82) is 0 Å². The first-order valence-electron chi connectivity index (χ1n) is 7.75. The minimum atomic E-state index is -4.31. The smallest absolute Gasteiger partial charge is 0.389 e. The molecule has 26 heavy (non-hydrogen) atoms. The lowest BCUT2D eigenvalue weighted by Crippen LogP contribution is -2.35. The molecule has 0 aliphatic heterocycles. The number of hydrogen-bond acceptors (Lipinski definition) is 3. The van der Waals surface area contributed by atoms with Gasteiger partial charge in [-0.2, -0.15) is 18.3 Å². The van der Waals surface area contributed by atoms with Crippen LogP contribution in [0.4, 0.5) is 18.9 Å². The topological polar surface area (TPSA) is 84.2 Å². The van der Waals surface area contributed by atoms with Crippen LogP contribution in [0.25, 0.3) is 0 Å². The zero-order chi connectivity index (χ0) is 19.5. The number of aryl methyl sites for hydroxylation is 1. The number of nitrogens with one attached hydrogen (secondary N) is 1. The van der Waals surface area contributed by atoms with Crippen LogP contribution >= 0.6 is 0 Å². The number of carboxylic acids is 1. The Morgan fingerprint density at radius 1 is 1.23 bits per heavy atom. The maximum Gasteiger partial charge on any atom is 0.389 e. The van der Waals surface area contributed by atoms with Crippen LogP contribution in [0.1, 0.15) is 36.2 Å². The zero-order valence-electron chi connectivity index (χ0n) is 14.2. The highest BCUT2D eigenvalue weighted by atomic mass is 19.4. The molecule has 0 aliphatic carbocycles. The molecule has 0 bridgehead atoms. The quantitative estimate of drug-likeness (QED) is 0.817. The van der Waals surface area contributed by atoms with Gasteiger partial charge in [0, 0.05) is 18.2 Å². The van der Waals surface area contributed by atoms with Gasteiger partial charge >= 0.3 is 12.1 Å². The molecule has 1 heterocycles. The Kier molecular flexibility index (Phi) is 5.38. The highest BCUT2D eigenvalue weighted by molar-refractivity contribution is 6.05. The van der Waals surface area contributed by atoms with Crippen molar-refractivity contribution in [2.75, 3.05) is 5.32 Å². The van der Waals surface area contributed by atoms with E-state index >= 15 is 0 Å². The number of nitrogens with zero attached hydrogens (tertiary/aromatic N) is 2. The van der Waals surface area contributed by atoms with Crippen LogP contribution < -0.4 is 5.32 Å². The third-order valence-corrected chi connectivity index (χ3v) is 3.88. The second kappa shape index (κ2) is 7.19. The van der Waals surface area contributed by atoms with Gasteiger partial charge in [0.05, 0.1) is 11.9 Å². The number of aliphatic carboxylic acids is 1. The number of rotatable bonds is 6. The highest BCUT2D eigenvalue weighted by Crippen LogP contribution is 2.24. The van der Waals surface area contributed by atoms with Gasteiger partial charge in [0.15, 0.2) is 5.54 Å². The van der Waals surface area contributed by atoms with Crippen molar-refractivity contribution >= 4 is 17.6 Å². The van der Waals surface area contributed by atoms with Crippen LogP contribution in [0.15, 0.2) is 36.7 Å². The van der Waals surface area contributed by atoms with Crippen molar-refractivity contribution in [2.24, 2.45) is 0 Å². The fourth-order valence-electron chi connectivity index (χ4n) is 2.23. The van der Waals surface area contributed by atoms with E-state index < -0.39 is 30.0 Å². The molecule has 2 N–H and O–H groups in total. The molecule has 140 valence electrons. The molecule has 0 radical (unpaired) electrons. The number of carbonyl (C=O) groups is 2. The second-order valence-corrected chi connectivity index (χ2v) is 6.26. The van der Waals surface area contributed by atoms with E-state index in [1.54, 1.807) is 12.1 Å². The summed E-state index contributed by atoms with van der Waals surface area (Å²) in [5.41, 5.74) is -0.661. The van der Waals surface area contributed by atoms with Crippen LogP contribution in [0.5, 0.6) is 0 Å². The standard InChI is InChI=1S/C17H18F3N3O3/c1-16(2,15(25)26)23-10-12(9-21-23)22-14(24)13-6-4-3-5-11(13)7-8-17(18,19)20/h3-6,9-10H,7-8H2,1-2H3,(H,22,24)(H,25,26). The van der Waals surface area contributed by atoms with E-state index in [0.717, 1.165) is 0 Å². The number of anilines is 1. The van der Waals surface area contributed by atoms with Crippen molar-refractivity contribution in [3.8, 4) is 0 Å². The largest absolute Gasteiger partial charge is 0.479 e. The lowest BCUT2D eigenvalue weighted by atomic mass is 10.0. The summed E-state index contributed by atoms with van der Waals surface area (Å²) in [6.45, 7) is 2.89. The summed E-state index contributed by atoms with van der Waals surface area (Å²) < 4.78 is 38.5. The molecular weight excluding hydrogens is 351 g/mol. The maximum atomic E-state index is 12.4. The fourth-order valence-corrected chi connectivity index (χ4v) is 2.23. The predicted molar refractivity (Wildman–Crippen MR) is 88.0 cm³/mol. The average Bonchev–Trinajstić information content (AvgIpc) is 3.01. The van der Waals surface area contributed by atoms with Crippen molar-refractivity contribution in [3.05, 3.63) is 47.8 Å². The Morgan fingerprint density at radius 3 is 2.50 bits per heavy atom. The molecule has 2 rings (SSSR count). The summed E-state index contributed by atoms with van der Waals surface area (Å²) in [5.74, 6) is -1.69. The Bertz CT molecular complexity index is 813. The summed E-state index contributed by atoms with van der Waals surface area (Å²) in [6, 6.07) is 6.03. The number of benzene rings is 1. The van der Waals surface area contributed by atoms with Crippen LogP contribution in [-0.4, -0.2) is 32.9 Å². The molecule has 1 aromatic heterocycles. The lowest BCUT2D eigenvalue weighted by molar-refractivity contribution is -0.146. The van der Waals surface area contributed by atoms with Gasteiger partial charge in [-0.1, -0.05) is 18.2 Å². The highest BCUT2D eigenvalue weighted by Gasteiger charge is 2.30. The Hall–Kier alpha value is -2.84. The Morgan fingerprint density at radius 2 is 1.88 bits per heavy atom. The molecule has 1 amide bonds. The van der Waals surface area contributed by atoms with Gasteiger partial charge in [-0.25, -0.2) is 4.79 Å². The first-order chi connectivity index (χ1) is 12.0. The van der Waals surface area contributed by atoms with Gasteiger partial charge in [0.25, 0.3) is 5.91 Å². The van der Waals surface area contributed by atoms with E-state index in [-0.39, 0.29) is 23.2 Å². The molecule has 0 spiro atoms. The van der Waals surface area contributed by atoms with E-state index in [4.69, 9.17) is 0 Å². The van der Waals surface area contributed by atoms with Crippen LogP contribution in [0.3, 0.4) is 0 Å². The predicted octanol–water partition coefficient (Wildman–Crippen LogP) is 3.45. The molecule has 1 aromatic carbocycles. The monoisotopic (exact) mass is 369 g/mol. The van der Waals surface area contributed by atoms with Gasteiger partial charge in [-0.15, -0.1) is 0 Å². The van der Waals surface area contributed by atoms with E-state index in [1.807, 2.05) is 0 Å². The van der Waals surface area contributed by atoms with Gasteiger partial charge < -0.3 is 10.4 Å². The van der Waals surface area contributed by atoms with E-state index in [0.29, 0.717) is 0 Å². The first kappa shape index (κ1) is 19.5. The number of halogens is 3. The number of carboxylic acid groups (broad SMARTS) is 1. The van der Waals surface area contributed by atoms with Gasteiger partial charge in [-0.05, 0) is 31.9 Å². The number of carbonyl (C=O) groups excluding carboxylic acids is 1. The molecule has 0 saturated heterocycles. The Balaban J connectivity index is 2.16. The second-order valence-electron chi connectivity index (χ2n) is 6.26. The van der Waals surface area contributed by atoms with E-state index in [2.05, 4.69) is 10.4 Å². The molecule has 2 aromatic rings. The minimum absolute atomic E-state index is 0.127. The third-order valence-electron chi connectivity index (χ3n) is 3.88. The summed E-state index contributed by atoms with van der Waals surface area (Å²) >= 11 is 0. The molecular formula is C17H18F3N3O3. The fraction of sp³-hybridized carbons (Fsp3) is 0.353. The molecule has 0 saturated carbocycles. The van der Waals surface area contributed by atoms with Crippen molar-refractivity contribution in [1.82, 2.24) is 9.78 Å². The number of alkyl halides is 3. The summed E-state index contributed by atoms with van der Waals surface area (Å²) in [7, 11) is 0. The van der Waals surface area contributed by atoms with Crippen molar-refractivity contribution < 1.29 is 27.9 Å². The third kappa shape index (κ3) is 4.62. The first-order valence-corrected chi connectivity index (χ1v) is 7.75. The van der Waals surface area contributed by atoms with Gasteiger partial charge in [0.1, 0.15) is 0 Å². The number of aromatic nitrogens is 2. The van der Waals surface area contributed by atoms with Crippen LogP contribution in [0.2, 0.25) is 0 Å². The molecule has 6 nitrogen and oxygen atoms in total. The lowest BCUT2D eigenvalue weighted by Gasteiger charge is -2.19. The van der Waals surface area contributed by atoms with E-state index in [9.17, 15) is 27.9 Å². The SMILES string of the molecule is CC(C)(C(=O)O)n1cc(NC(=O)c2ccccc2CCC(F)(F)F)cn1. The normalized spacial score (nSPS) is 12.0. The van der Waals surface area contributed by atoms with Crippen molar-refractivity contribution in [3.63, 3.8) is 0 Å². The molecule has 0 atom stereocenters. The minimum Gasteiger partial charge on any atom is -0.479 e. The Labute approximate surface area is 147 Å². The molecule has 9 heteroatoms. The summed E-state index contributed by atoms with van der Waals surface area (Å²) in [5, 5.41) is 15.6. The summed E-state index contributed by atoms with van der Waals surface area (Å²) in [6.07, 6.45) is -3.02. The molecule has 0 aliphatic rings. The number of hydrogen-bond donors (Lipinski definition) is 2. The zero-order valence-corrected chi connectivity index (χ0v) is 14.2. The maximum absolute atomic E-state index is 12.4. The van der Waals surface area contributed by atoms with Crippen LogP contribution in [-0.2, 0) is 16.8 Å². The van der Waals surface area contributed by atoms with Gasteiger partial charge in [0.2, 0.25) is 0 Å². The van der Waals surface area contributed by atoms with E-state index in [1.165, 1.54) is 43.1 Å². The van der Waals surface area contributed by atoms with Gasteiger partial charge in [-0.3, -0.25) is 9.48 Å². The molecule has 0 unspecified atom stereocenters.